The lowest BCUT2D eigenvalue weighted by Crippen LogP contribution is -2.44. The maximum Gasteiger partial charge on any atom is 0.226 e. The number of hydrogen-bond donors (Lipinski definition) is 2. The van der Waals surface area contributed by atoms with Gasteiger partial charge in [0, 0.05) is 22.9 Å². The van der Waals surface area contributed by atoms with Crippen molar-refractivity contribution in [2.24, 2.45) is 28.3 Å². The third kappa shape index (κ3) is 4.23. The fourth-order valence-corrected chi connectivity index (χ4v) is 7.79. The molecule has 0 radical (unpaired) electrons. The molecule has 1 aromatic carbocycles. The monoisotopic (exact) mass is 481 g/mol. The van der Waals surface area contributed by atoms with Gasteiger partial charge in [0.15, 0.2) is 5.13 Å². The van der Waals surface area contributed by atoms with E-state index in [9.17, 15) is 9.90 Å². The van der Waals surface area contributed by atoms with Gasteiger partial charge in [0.1, 0.15) is 12.4 Å². The van der Waals surface area contributed by atoms with Crippen molar-refractivity contribution < 1.29 is 14.7 Å². The number of fused-ring (bicyclic) bond motifs is 5. The average Bonchev–Trinajstić information content (AvgIpc) is 3.35. The van der Waals surface area contributed by atoms with E-state index >= 15 is 0 Å². The van der Waals surface area contributed by atoms with E-state index in [1.165, 1.54) is 28.2 Å². The molecule has 2 saturated carbocycles. The Kier molecular flexibility index (Phi) is 6.40. The summed E-state index contributed by atoms with van der Waals surface area (Å²) in [5.74, 6) is 2.40. The van der Waals surface area contributed by atoms with Crippen molar-refractivity contribution in [2.45, 2.75) is 71.6 Å². The van der Waals surface area contributed by atoms with Gasteiger partial charge in [0.2, 0.25) is 5.91 Å². The molecule has 182 valence electrons. The number of aromatic hydroxyl groups is 1. The summed E-state index contributed by atoms with van der Waals surface area (Å²) in [7, 11) is 0. The Morgan fingerprint density at radius 1 is 1.38 bits per heavy atom. The second-order valence-corrected chi connectivity index (χ2v) is 11.7. The number of benzene rings is 1. The van der Waals surface area contributed by atoms with Crippen molar-refractivity contribution in [3.05, 3.63) is 40.4 Å². The lowest BCUT2D eigenvalue weighted by Gasteiger charge is -2.50. The minimum absolute atomic E-state index is 0.0261. The number of aryl methyl sites for hydroxylation is 2. The Bertz CT molecular complexity index is 1100. The topological polar surface area (TPSA) is 83.8 Å². The third-order valence-electron chi connectivity index (χ3n) is 8.50. The summed E-state index contributed by atoms with van der Waals surface area (Å²) in [6, 6.07) is 5.94. The first-order valence-corrected chi connectivity index (χ1v) is 13.4. The van der Waals surface area contributed by atoms with Crippen LogP contribution in [0.4, 0.5) is 5.13 Å². The number of anilines is 1. The van der Waals surface area contributed by atoms with Crippen LogP contribution in [0.5, 0.6) is 5.75 Å². The summed E-state index contributed by atoms with van der Waals surface area (Å²) >= 11 is 1.51. The molecule has 6 nitrogen and oxygen atoms in total. The summed E-state index contributed by atoms with van der Waals surface area (Å²) in [6.45, 7) is 6.93. The molecule has 5 atom stereocenters. The summed E-state index contributed by atoms with van der Waals surface area (Å²) in [6.07, 6.45) is 8.42. The number of carbonyl (C=O) groups excluding carboxylic acids is 1. The van der Waals surface area contributed by atoms with Crippen LogP contribution in [0.15, 0.2) is 29.6 Å². The zero-order chi connectivity index (χ0) is 23.9. The molecule has 0 aliphatic heterocycles. The number of nitrogens with zero attached hydrogens (tertiary/aromatic N) is 2. The quantitative estimate of drug-likeness (QED) is 0.492. The van der Waals surface area contributed by atoms with Crippen LogP contribution in [0.2, 0.25) is 0 Å². The Labute approximate surface area is 205 Å². The minimum atomic E-state index is 0.0261. The molecule has 5 rings (SSSR count). The van der Waals surface area contributed by atoms with Crippen molar-refractivity contribution in [2.75, 3.05) is 11.9 Å². The highest BCUT2D eigenvalue weighted by molar-refractivity contribution is 7.15. The first kappa shape index (κ1) is 23.3. The Balaban J connectivity index is 1.38. The van der Waals surface area contributed by atoms with E-state index in [4.69, 9.17) is 4.84 Å². The number of hydrogen-bond acceptors (Lipinski definition) is 6. The number of carbonyl (C=O) groups is 1. The van der Waals surface area contributed by atoms with Gasteiger partial charge in [-0.3, -0.25) is 4.79 Å². The first-order chi connectivity index (χ1) is 16.4. The van der Waals surface area contributed by atoms with Crippen LogP contribution in [0.3, 0.4) is 0 Å². The number of phenols is 1. The molecule has 2 aromatic rings. The molecule has 1 heterocycles. The molecule has 2 N–H and O–H groups in total. The van der Waals surface area contributed by atoms with Crippen molar-refractivity contribution in [3.8, 4) is 5.75 Å². The second-order valence-electron chi connectivity index (χ2n) is 10.5. The molecule has 1 amide bonds. The van der Waals surface area contributed by atoms with E-state index in [1.807, 2.05) is 26.0 Å². The zero-order valence-electron chi connectivity index (χ0n) is 20.3. The van der Waals surface area contributed by atoms with Crippen LogP contribution in [-0.4, -0.2) is 28.3 Å². The molecular weight excluding hydrogens is 446 g/mol. The number of rotatable bonds is 6. The van der Waals surface area contributed by atoms with Crippen LogP contribution < -0.4 is 5.32 Å². The standard InChI is InChI=1S/C27H35N3O3S/c1-4-33-30-23-14-18(6-10-24(32)29-26-28-15-16(2)34-26)25-22-8-5-17-13-19(31)7-9-20(17)21(22)11-12-27(23,25)3/h7,9,13,15,18,21-22,25,31H,4-6,8,10-12,14H2,1-3H3,(H,28,29,32). The Morgan fingerprint density at radius 2 is 2.24 bits per heavy atom. The fourth-order valence-electron chi connectivity index (χ4n) is 7.11. The number of nitrogens with one attached hydrogen (secondary N) is 1. The van der Waals surface area contributed by atoms with Gasteiger partial charge in [-0.05, 0) is 99.3 Å². The molecule has 0 spiro atoms. The molecule has 3 aliphatic rings. The largest absolute Gasteiger partial charge is 0.508 e. The highest BCUT2D eigenvalue weighted by atomic mass is 32.1. The van der Waals surface area contributed by atoms with Crippen LogP contribution in [0, 0.1) is 30.1 Å². The highest BCUT2D eigenvalue weighted by Crippen LogP contribution is 2.62. The average molecular weight is 482 g/mol. The molecule has 2 fully saturated rings. The van der Waals surface area contributed by atoms with Gasteiger partial charge in [0.05, 0.1) is 5.71 Å². The summed E-state index contributed by atoms with van der Waals surface area (Å²) in [4.78, 5) is 23.7. The van der Waals surface area contributed by atoms with Gasteiger partial charge in [0.25, 0.3) is 0 Å². The SMILES string of the molecule is CCON=C1CC(CCC(=O)Nc2ncc(C)s2)C2C3CCc4cc(O)ccc4C3CCC12C. The molecule has 0 saturated heterocycles. The first-order valence-electron chi connectivity index (χ1n) is 12.6. The van der Waals surface area contributed by atoms with Crippen LogP contribution >= 0.6 is 11.3 Å². The Hall–Kier alpha value is -2.41. The van der Waals surface area contributed by atoms with E-state index in [1.54, 1.807) is 6.20 Å². The molecule has 7 heteroatoms. The molecule has 1 aromatic heterocycles. The second kappa shape index (κ2) is 9.33. The highest BCUT2D eigenvalue weighted by Gasteiger charge is 2.57. The van der Waals surface area contributed by atoms with Crippen molar-refractivity contribution in [1.82, 2.24) is 4.98 Å². The number of oxime groups is 1. The van der Waals surface area contributed by atoms with Crippen molar-refractivity contribution >= 4 is 28.1 Å². The van der Waals surface area contributed by atoms with Crippen LogP contribution in [0.25, 0.3) is 0 Å². The van der Waals surface area contributed by atoms with E-state index in [-0.39, 0.29) is 11.3 Å². The lowest BCUT2D eigenvalue weighted by atomic mass is 9.54. The predicted octanol–water partition coefficient (Wildman–Crippen LogP) is 6.05. The summed E-state index contributed by atoms with van der Waals surface area (Å²) in [5.41, 5.74) is 3.94. The number of phenolic OH excluding ortho intramolecular Hbond substituents is 1. The number of amides is 1. The van der Waals surface area contributed by atoms with Gasteiger partial charge in [-0.2, -0.15) is 0 Å². The smallest absolute Gasteiger partial charge is 0.226 e. The normalized spacial score (nSPS) is 31.0. The van der Waals surface area contributed by atoms with Crippen molar-refractivity contribution in [1.29, 1.82) is 0 Å². The number of aromatic nitrogens is 1. The van der Waals surface area contributed by atoms with Crippen LogP contribution in [-0.2, 0) is 16.1 Å². The molecule has 5 unspecified atom stereocenters. The van der Waals surface area contributed by atoms with E-state index in [0.29, 0.717) is 47.6 Å². The minimum Gasteiger partial charge on any atom is -0.508 e. The maximum absolute atomic E-state index is 12.7. The maximum atomic E-state index is 12.7. The fraction of sp³-hybridized carbons (Fsp3) is 0.593. The molecule has 0 bridgehead atoms. The summed E-state index contributed by atoms with van der Waals surface area (Å²) in [5, 5.41) is 18.3. The van der Waals surface area contributed by atoms with E-state index < -0.39 is 0 Å². The van der Waals surface area contributed by atoms with Crippen LogP contribution in [0.1, 0.15) is 74.3 Å². The van der Waals surface area contributed by atoms with Gasteiger partial charge >= 0.3 is 0 Å². The molecule has 3 aliphatic carbocycles. The molecular formula is C27H35N3O3S. The lowest BCUT2D eigenvalue weighted by molar-refractivity contribution is -0.116. The number of thiazole rings is 1. The van der Waals surface area contributed by atoms with Gasteiger partial charge in [-0.15, -0.1) is 11.3 Å². The third-order valence-corrected chi connectivity index (χ3v) is 9.33. The van der Waals surface area contributed by atoms with Gasteiger partial charge < -0.3 is 15.3 Å². The van der Waals surface area contributed by atoms with E-state index in [2.05, 4.69) is 28.4 Å². The predicted molar refractivity (Wildman–Crippen MR) is 135 cm³/mol. The van der Waals surface area contributed by atoms with Crippen molar-refractivity contribution in [3.63, 3.8) is 0 Å². The Morgan fingerprint density at radius 3 is 3.00 bits per heavy atom. The summed E-state index contributed by atoms with van der Waals surface area (Å²) < 4.78 is 0. The van der Waals surface area contributed by atoms with Gasteiger partial charge in [-0.1, -0.05) is 18.1 Å². The van der Waals surface area contributed by atoms with E-state index in [0.717, 1.165) is 43.4 Å². The molecule has 34 heavy (non-hydrogen) atoms. The zero-order valence-corrected chi connectivity index (χ0v) is 21.2. The van der Waals surface area contributed by atoms with Gasteiger partial charge in [-0.25, -0.2) is 4.98 Å².